The van der Waals surface area contributed by atoms with Crippen LogP contribution in [0.2, 0.25) is 5.02 Å². The van der Waals surface area contributed by atoms with Crippen molar-refractivity contribution >= 4 is 52.0 Å². The molecule has 0 unspecified atom stereocenters. The Morgan fingerprint density at radius 2 is 1.12 bits per heavy atom. The minimum atomic E-state index is -2.32. The lowest BCUT2D eigenvalue weighted by atomic mass is 10.2. The monoisotopic (exact) mass is 613 g/mol. The number of oxazole rings is 1. The molecule has 0 bridgehead atoms. The van der Waals surface area contributed by atoms with Crippen molar-refractivity contribution in [1.82, 2.24) is 4.98 Å². The largest absolute Gasteiger partial charge is 1.00 e. The number of halogens is 2. The number of nitrogens with zero attached hydrogens (tertiary/aromatic N) is 1. The highest BCUT2D eigenvalue weighted by atomic mass is 127. The lowest BCUT2D eigenvalue weighted by Gasteiger charge is -2.25. The van der Waals surface area contributed by atoms with Gasteiger partial charge in [-0.25, -0.2) is 0 Å². The van der Waals surface area contributed by atoms with Crippen molar-refractivity contribution in [3.8, 4) is 11.5 Å². The highest BCUT2D eigenvalue weighted by molar-refractivity contribution is 8.04. The number of aromatic nitrogens is 1. The highest BCUT2D eigenvalue weighted by Crippen LogP contribution is 2.55. The molecule has 0 saturated carbocycles. The van der Waals surface area contributed by atoms with Crippen LogP contribution in [0, 0.1) is 0 Å². The van der Waals surface area contributed by atoms with Crippen LogP contribution in [0.4, 0.5) is 0 Å². The molecule has 170 valence electrons. The van der Waals surface area contributed by atoms with Crippen LogP contribution in [0.3, 0.4) is 0 Å². The molecule has 0 aliphatic carbocycles. The van der Waals surface area contributed by atoms with Crippen molar-refractivity contribution in [1.29, 1.82) is 0 Å². The molecule has 1 heterocycles. The third-order valence-electron chi connectivity index (χ3n) is 5.60. The van der Waals surface area contributed by atoms with E-state index in [1.54, 1.807) is 11.8 Å². The van der Waals surface area contributed by atoms with E-state index in [1.165, 1.54) is 15.9 Å². The normalized spacial score (nSPS) is 11.1. The molecule has 0 spiro atoms. The zero-order valence-electron chi connectivity index (χ0n) is 18.4. The molecule has 5 rings (SSSR count). The van der Waals surface area contributed by atoms with E-state index in [9.17, 15) is 0 Å². The molecule has 0 amide bonds. The molecule has 0 saturated heterocycles. The number of hydrogen-bond donors (Lipinski definition) is 0. The van der Waals surface area contributed by atoms with Gasteiger partial charge < -0.3 is 28.4 Å². The maximum Gasteiger partial charge on any atom is 0.251 e. The quantitative estimate of drug-likeness (QED) is 0.167. The Morgan fingerprint density at radius 3 is 1.53 bits per heavy atom. The van der Waals surface area contributed by atoms with Crippen molar-refractivity contribution in [2.45, 2.75) is 5.09 Å². The second-order valence-electron chi connectivity index (χ2n) is 7.52. The molecule has 0 aliphatic heterocycles. The number of benzene rings is 4. The minimum Gasteiger partial charge on any atom is -1.00 e. The lowest BCUT2D eigenvalue weighted by molar-refractivity contribution is -0.00000675. The van der Waals surface area contributed by atoms with E-state index >= 15 is 0 Å². The number of thioether (sulfide) groups is 1. The number of rotatable bonds is 6. The fourth-order valence-corrected chi connectivity index (χ4v) is 9.38. The Kier molecular flexibility index (Phi) is 8.15. The standard InChI is InChI=1S/C28H22ClNOPS.HI/c1-33-28-27(30-26(31-28)21-17-19-22(29)20-18-21)32(23-11-5-2-6-12-23,24-13-7-3-8-14-24)25-15-9-4-10-16-25;/h2-20H,1H3;1H/q+1;/p-1. The summed E-state index contributed by atoms with van der Waals surface area (Å²) in [4.78, 5) is 5.20. The van der Waals surface area contributed by atoms with Gasteiger partial charge in [0.25, 0.3) is 5.44 Å². The first-order valence-electron chi connectivity index (χ1n) is 10.6. The van der Waals surface area contributed by atoms with Crippen LogP contribution in [0.1, 0.15) is 0 Å². The molecule has 5 aromatic rings. The van der Waals surface area contributed by atoms with Crippen molar-refractivity contribution in [3.05, 3.63) is 120 Å². The Morgan fingerprint density at radius 1 is 0.676 bits per heavy atom. The summed E-state index contributed by atoms with van der Waals surface area (Å²) in [6.45, 7) is 0. The Bertz CT molecular complexity index is 1250. The molecule has 0 fully saturated rings. The molecule has 0 atom stereocenters. The average Bonchev–Trinajstić information content (AvgIpc) is 3.32. The Balaban J connectivity index is 0.00000274. The van der Waals surface area contributed by atoms with Gasteiger partial charge >= 0.3 is 0 Å². The Labute approximate surface area is 227 Å². The molecular formula is C28H22ClINOPS. The number of hydrogen-bond acceptors (Lipinski definition) is 3. The van der Waals surface area contributed by atoms with Crippen LogP contribution in [-0.4, -0.2) is 11.2 Å². The minimum absolute atomic E-state index is 0. The second-order valence-corrected chi connectivity index (χ2v) is 12.0. The van der Waals surface area contributed by atoms with E-state index in [4.69, 9.17) is 21.0 Å². The van der Waals surface area contributed by atoms with Crippen molar-refractivity contribution in [2.24, 2.45) is 0 Å². The first kappa shape index (κ1) is 25.0. The molecule has 1 aromatic heterocycles. The molecule has 4 aromatic carbocycles. The van der Waals surface area contributed by atoms with Gasteiger partial charge in [0.2, 0.25) is 11.0 Å². The lowest BCUT2D eigenvalue weighted by Crippen LogP contribution is -3.00. The van der Waals surface area contributed by atoms with Crippen molar-refractivity contribution in [3.63, 3.8) is 0 Å². The van der Waals surface area contributed by atoms with Crippen LogP contribution < -0.4 is 45.3 Å². The van der Waals surface area contributed by atoms with Crippen LogP contribution in [0.15, 0.2) is 125 Å². The third kappa shape index (κ3) is 4.57. The predicted octanol–water partition coefficient (Wildman–Crippen LogP) is 3.34. The first-order chi connectivity index (χ1) is 16.2. The topological polar surface area (TPSA) is 26.0 Å². The zero-order valence-corrected chi connectivity index (χ0v) is 23.1. The van der Waals surface area contributed by atoms with Gasteiger partial charge in [0, 0.05) is 10.6 Å². The first-order valence-corrected chi connectivity index (χ1v) is 14.0. The van der Waals surface area contributed by atoms with E-state index in [0.717, 1.165) is 16.1 Å². The summed E-state index contributed by atoms with van der Waals surface area (Å²) in [5, 5.41) is 5.26. The van der Waals surface area contributed by atoms with Crippen molar-refractivity contribution in [2.75, 3.05) is 6.26 Å². The second kappa shape index (κ2) is 11.1. The Hall–Kier alpha value is -2.11. The summed E-state index contributed by atoms with van der Waals surface area (Å²) in [6.07, 6.45) is 2.05. The molecule has 0 radical (unpaired) electrons. The van der Waals surface area contributed by atoms with Gasteiger partial charge in [0.05, 0.1) is 0 Å². The maximum atomic E-state index is 6.40. The van der Waals surface area contributed by atoms with Crippen LogP contribution in [0.25, 0.3) is 11.5 Å². The van der Waals surface area contributed by atoms with Gasteiger partial charge in [-0.2, -0.15) is 4.98 Å². The smallest absolute Gasteiger partial charge is 0.251 e. The summed E-state index contributed by atoms with van der Waals surface area (Å²) in [5.74, 6) is 0.609. The van der Waals surface area contributed by atoms with Crippen LogP contribution in [-0.2, 0) is 0 Å². The van der Waals surface area contributed by atoms with Gasteiger partial charge in [0.15, 0.2) is 7.26 Å². The van der Waals surface area contributed by atoms with Gasteiger partial charge in [-0.1, -0.05) is 78.0 Å². The van der Waals surface area contributed by atoms with Gasteiger partial charge in [-0.15, -0.1) is 0 Å². The van der Waals surface area contributed by atoms with Gasteiger partial charge in [0.1, 0.15) is 15.9 Å². The molecule has 2 nitrogen and oxygen atoms in total. The molecule has 0 aliphatic rings. The van der Waals surface area contributed by atoms with Gasteiger partial charge in [-0.05, 0) is 66.9 Å². The summed E-state index contributed by atoms with van der Waals surface area (Å²) in [6, 6.07) is 39.8. The van der Waals surface area contributed by atoms with E-state index in [0.29, 0.717) is 10.9 Å². The molecule has 6 heteroatoms. The fourth-order valence-electron chi connectivity index (χ4n) is 4.13. The fraction of sp³-hybridized carbons (Fsp3) is 0.0357. The van der Waals surface area contributed by atoms with Crippen LogP contribution >= 0.6 is 30.6 Å². The molecule has 34 heavy (non-hydrogen) atoms. The van der Waals surface area contributed by atoms with E-state index in [1.807, 2.05) is 30.5 Å². The zero-order chi connectivity index (χ0) is 22.7. The van der Waals surface area contributed by atoms with E-state index < -0.39 is 7.26 Å². The van der Waals surface area contributed by atoms with Crippen molar-refractivity contribution < 1.29 is 28.4 Å². The average molecular weight is 614 g/mol. The maximum absolute atomic E-state index is 6.40. The summed E-state index contributed by atoms with van der Waals surface area (Å²) in [7, 11) is -2.32. The van der Waals surface area contributed by atoms with E-state index in [-0.39, 0.29) is 24.0 Å². The predicted molar refractivity (Wildman–Crippen MR) is 144 cm³/mol. The van der Waals surface area contributed by atoms with Gasteiger partial charge in [-0.3, -0.25) is 0 Å². The summed E-state index contributed by atoms with van der Waals surface area (Å²) >= 11 is 7.72. The third-order valence-corrected chi connectivity index (χ3v) is 10.8. The highest BCUT2D eigenvalue weighted by Gasteiger charge is 2.52. The SMILES string of the molecule is CSc1oc(-c2ccc(Cl)cc2)nc1[P+](c1ccccc1)(c1ccccc1)c1ccccc1.[I-]. The summed E-state index contributed by atoms with van der Waals surface area (Å²) in [5.41, 5.74) is 1.90. The van der Waals surface area contributed by atoms with Crippen LogP contribution in [0.5, 0.6) is 0 Å². The molecular weight excluding hydrogens is 592 g/mol. The molecule has 0 N–H and O–H groups in total. The summed E-state index contributed by atoms with van der Waals surface area (Å²) < 4.78 is 6.40. The van der Waals surface area contributed by atoms with E-state index in [2.05, 4.69) is 91.0 Å².